The van der Waals surface area contributed by atoms with Gasteiger partial charge in [0.15, 0.2) is 5.69 Å². The first-order valence-electron chi connectivity index (χ1n) is 3.37. The maximum atomic E-state index is 9.22. The van der Waals surface area contributed by atoms with E-state index in [0.29, 0.717) is 0 Å². The highest BCUT2D eigenvalue weighted by Crippen LogP contribution is 2.17. The Morgan fingerprint density at radius 2 is 2.33 bits per heavy atom. The number of nitriles is 1. The summed E-state index contributed by atoms with van der Waals surface area (Å²) in [5, 5.41) is 17.7. The van der Waals surface area contributed by atoms with Gasteiger partial charge in [-0.3, -0.25) is 0 Å². The summed E-state index contributed by atoms with van der Waals surface area (Å²) < 4.78 is 0. The van der Waals surface area contributed by atoms with Crippen molar-refractivity contribution in [3.63, 3.8) is 0 Å². The molecule has 0 spiro atoms. The van der Waals surface area contributed by atoms with Crippen LogP contribution in [-0.2, 0) is 4.84 Å². The molecule has 1 rings (SSSR count). The molecule has 0 atom stereocenters. The highest BCUT2D eigenvalue weighted by atomic mass is 16.6. The van der Waals surface area contributed by atoms with E-state index in [-0.39, 0.29) is 11.3 Å². The molecule has 62 valence electrons. The molecule has 4 nitrogen and oxygen atoms in total. The molecule has 0 amide bonds. The molecule has 4 heteroatoms. The molecule has 0 saturated heterocycles. The van der Waals surface area contributed by atoms with Gasteiger partial charge in [0.25, 0.3) is 0 Å². The van der Waals surface area contributed by atoms with Crippen LogP contribution < -0.4 is 5.48 Å². The summed E-state index contributed by atoms with van der Waals surface area (Å²) in [5.74, 6) is -0.0247. The van der Waals surface area contributed by atoms with Crippen LogP contribution in [0.1, 0.15) is 5.56 Å². The van der Waals surface area contributed by atoms with Crippen LogP contribution in [0.4, 0.5) is 5.69 Å². The van der Waals surface area contributed by atoms with Gasteiger partial charge in [-0.1, -0.05) is 0 Å². The molecule has 0 radical (unpaired) electrons. The van der Waals surface area contributed by atoms with Crippen molar-refractivity contribution in [2.75, 3.05) is 7.11 Å². The molecule has 0 heterocycles. The third kappa shape index (κ3) is 1.72. The van der Waals surface area contributed by atoms with E-state index < -0.39 is 0 Å². The number of benzene rings is 1. The zero-order valence-electron chi connectivity index (χ0n) is 6.61. The first-order valence-corrected chi connectivity index (χ1v) is 3.37. The van der Waals surface area contributed by atoms with Crippen molar-refractivity contribution in [3.05, 3.63) is 23.8 Å². The van der Waals surface area contributed by atoms with E-state index in [0.717, 1.165) is 5.69 Å². The fourth-order valence-corrected chi connectivity index (χ4v) is 0.853. The van der Waals surface area contributed by atoms with Gasteiger partial charge in [-0.25, -0.2) is 4.84 Å². The Hall–Kier alpha value is -1.57. The summed E-state index contributed by atoms with van der Waals surface area (Å²) in [6, 6.07) is 6.57. The summed E-state index contributed by atoms with van der Waals surface area (Å²) in [7, 11) is 1.52. The molecule has 0 aliphatic rings. The molecule has 1 aromatic rings. The van der Waals surface area contributed by atoms with E-state index in [4.69, 9.17) is 10.1 Å². The van der Waals surface area contributed by atoms with Crippen molar-refractivity contribution in [1.82, 2.24) is 0 Å². The lowest BCUT2D eigenvalue weighted by Crippen LogP contribution is -2.75. The van der Waals surface area contributed by atoms with Gasteiger partial charge in [0, 0.05) is 12.1 Å². The molecule has 1 aromatic carbocycles. The molecule has 12 heavy (non-hydrogen) atoms. The summed E-state index contributed by atoms with van der Waals surface area (Å²) in [4.78, 5) is 4.74. The number of hydrogen-bond acceptors (Lipinski definition) is 3. The van der Waals surface area contributed by atoms with Crippen LogP contribution in [0.15, 0.2) is 18.2 Å². The zero-order valence-corrected chi connectivity index (χ0v) is 6.61. The van der Waals surface area contributed by atoms with Gasteiger partial charge in [-0.05, 0) is 6.07 Å². The summed E-state index contributed by atoms with van der Waals surface area (Å²) in [6.07, 6.45) is 0. The zero-order chi connectivity index (χ0) is 8.97. The van der Waals surface area contributed by atoms with E-state index in [1.165, 1.54) is 18.7 Å². The van der Waals surface area contributed by atoms with Gasteiger partial charge in [-0.15, -0.1) is 0 Å². The SMILES string of the molecule is CO[NH2+]c1ccc(C#N)c(O)c1. The van der Waals surface area contributed by atoms with Crippen LogP contribution in [-0.4, -0.2) is 12.2 Å². The van der Waals surface area contributed by atoms with Gasteiger partial charge in [0.1, 0.15) is 11.8 Å². The van der Waals surface area contributed by atoms with Crippen LogP contribution in [0.3, 0.4) is 0 Å². The minimum atomic E-state index is -0.0247. The highest BCUT2D eigenvalue weighted by molar-refractivity contribution is 5.48. The number of phenols is 1. The molecular weight excluding hydrogens is 156 g/mol. The van der Waals surface area contributed by atoms with Crippen LogP contribution in [0.2, 0.25) is 0 Å². The quantitative estimate of drug-likeness (QED) is 0.479. The van der Waals surface area contributed by atoms with E-state index >= 15 is 0 Å². The summed E-state index contributed by atoms with van der Waals surface area (Å²) in [6.45, 7) is 0. The fourth-order valence-electron chi connectivity index (χ4n) is 0.853. The Balaban J connectivity index is 2.96. The minimum absolute atomic E-state index is 0.0247. The average molecular weight is 165 g/mol. The van der Waals surface area contributed by atoms with Gasteiger partial charge in [0.2, 0.25) is 0 Å². The van der Waals surface area contributed by atoms with Crippen LogP contribution in [0.5, 0.6) is 5.75 Å². The molecule has 0 aliphatic carbocycles. The third-order valence-electron chi connectivity index (χ3n) is 1.40. The van der Waals surface area contributed by atoms with E-state index in [1.807, 2.05) is 6.07 Å². The third-order valence-corrected chi connectivity index (χ3v) is 1.40. The molecule has 0 fully saturated rings. The number of aromatic hydroxyl groups is 1. The van der Waals surface area contributed by atoms with Crippen molar-refractivity contribution in [1.29, 1.82) is 5.26 Å². The van der Waals surface area contributed by atoms with Crippen molar-refractivity contribution in [2.24, 2.45) is 0 Å². The largest absolute Gasteiger partial charge is 0.506 e. The number of nitrogens with two attached hydrogens (primary N) is 1. The molecule has 0 saturated carbocycles. The fraction of sp³-hybridized carbons (Fsp3) is 0.125. The molecule has 0 aromatic heterocycles. The van der Waals surface area contributed by atoms with Crippen molar-refractivity contribution >= 4 is 5.69 Å². The lowest BCUT2D eigenvalue weighted by Gasteiger charge is -1.97. The van der Waals surface area contributed by atoms with Crippen molar-refractivity contribution in [2.45, 2.75) is 0 Å². The number of rotatable bonds is 2. The lowest BCUT2D eigenvalue weighted by molar-refractivity contribution is -0.830. The summed E-state index contributed by atoms with van der Waals surface area (Å²) in [5.41, 5.74) is 2.48. The second-order valence-corrected chi connectivity index (χ2v) is 2.24. The maximum Gasteiger partial charge on any atom is 0.165 e. The Kier molecular flexibility index (Phi) is 2.64. The number of phenolic OH excluding ortho intramolecular Hbond substituents is 1. The molecular formula is C8H9N2O2+. The average Bonchev–Trinajstić information content (AvgIpc) is 2.05. The lowest BCUT2D eigenvalue weighted by atomic mass is 10.2. The maximum absolute atomic E-state index is 9.22. The van der Waals surface area contributed by atoms with Crippen LogP contribution >= 0.6 is 0 Å². The second-order valence-electron chi connectivity index (χ2n) is 2.24. The van der Waals surface area contributed by atoms with Crippen molar-refractivity contribution < 1.29 is 15.4 Å². The predicted molar refractivity (Wildman–Crippen MR) is 41.4 cm³/mol. The van der Waals surface area contributed by atoms with E-state index in [1.54, 1.807) is 12.1 Å². The molecule has 0 aliphatic heterocycles. The molecule has 0 unspecified atom stereocenters. The number of hydrogen-bond donors (Lipinski definition) is 2. The van der Waals surface area contributed by atoms with Crippen LogP contribution in [0.25, 0.3) is 0 Å². The minimum Gasteiger partial charge on any atom is -0.506 e. The molecule has 0 bridgehead atoms. The highest BCUT2D eigenvalue weighted by Gasteiger charge is 2.03. The Morgan fingerprint density at radius 1 is 1.58 bits per heavy atom. The van der Waals surface area contributed by atoms with Crippen molar-refractivity contribution in [3.8, 4) is 11.8 Å². The van der Waals surface area contributed by atoms with Crippen LogP contribution in [0, 0.1) is 11.3 Å². The smallest absolute Gasteiger partial charge is 0.165 e. The predicted octanol–water partition coefficient (Wildman–Crippen LogP) is 0.0202. The molecule has 3 N–H and O–H groups in total. The normalized spacial score (nSPS) is 9.33. The Bertz CT molecular complexity index is 317. The monoisotopic (exact) mass is 165 g/mol. The van der Waals surface area contributed by atoms with Gasteiger partial charge >= 0.3 is 0 Å². The second kappa shape index (κ2) is 3.72. The summed E-state index contributed by atoms with van der Waals surface area (Å²) >= 11 is 0. The van der Waals surface area contributed by atoms with E-state index in [2.05, 4.69) is 0 Å². The first-order chi connectivity index (χ1) is 5.77. The Morgan fingerprint density at radius 3 is 2.83 bits per heavy atom. The number of quaternary nitrogens is 1. The van der Waals surface area contributed by atoms with Gasteiger partial charge in [0.05, 0.1) is 12.7 Å². The van der Waals surface area contributed by atoms with Gasteiger partial charge in [-0.2, -0.15) is 10.7 Å². The standard InChI is InChI=1S/C8H8N2O2/c1-12-10-7-3-2-6(5-9)8(11)4-7/h2-4,10-11H,1H3/p+1. The number of nitrogens with zero attached hydrogens (tertiary/aromatic N) is 1. The first kappa shape index (κ1) is 8.53. The van der Waals surface area contributed by atoms with Gasteiger partial charge < -0.3 is 5.11 Å². The Labute approximate surface area is 70.0 Å². The topological polar surface area (TPSA) is 69.9 Å². The van der Waals surface area contributed by atoms with E-state index in [9.17, 15) is 5.11 Å².